The predicted molar refractivity (Wildman–Crippen MR) is 127 cm³/mol. The number of rotatable bonds is 9. The first-order valence-electron chi connectivity index (χ1n) is 9.83. The van der Waals surface area contributed by atoms with Crippen LogP contribution in [0.5, 0.6) is 11.5 Å². The summed E-state index contributed by atoms with van der Waals surface area (Å²) in [6, 6.07) is 25.7. The van der Waals surface area contributed by atoms with Gasteiger partial charge in [0.15, 0.2) is 16.6 Å². The SMILES string of the molecule is CCOc1cc(/C=N/NC(=S)Nc2ccccc2)ccc1OCCc1ccccc1. The molecule has 0 atom stereocenters. The number of nitrogens with one attached hydrogen (secondary N) is 2. The summed E-state index contributed by atoms with van der Waals surface area (Å²) >= 11 is 5.25. The second kappa shape index (κ2) is 11.6. The molecular formula is C24H25N3O2S. The second-order valence-electron chi connectivity index (χ2n) is 6.41. The molecule has 0 bridgehead atoms. The van der Waals surface area contributed by atoms with E-state index in [-0.39, 0.29) is 0 Å². The lowest BCUT2D eigenvalue weighted by Gasteiger charge is -2.12. The fourth-order valence-electron chi connectivity index (χ4n) is 2.76. The van der Waals surface area contributed by atoms with Gasteiger partial charge >= 0.3 is 0 Å². The van der Waals surface area contributed by atoms with E-state index in [9.17, 15) is 0 Å². The molecular weight excluding hydrogens is 394 g/mol. The van der Waals surface area contributed by atoms with Crippen LogP contribution in [-0.4, -0.2) is 24.5 Å². The molecule has 0 saturated heterocycles. The average molecular weight is 420 g/mol. The van der Waals surface area contributed by atoms with E-state index in [4.69, 9.17) is 21.7 Å². The second-order valence-corrected chi connectivity index (χ2v) is 6.82. The maximum atomic E-state index is 5.94. The maximum absolute atomic E-state index is 5.94. The molecule has 3 rings (SSSR count). The minimum Gasteiger partial charge on any atom is -0.490 e. The Kier molecular flexibility index (Phi) is 8.23. The summed E-state index contributed by atoms with van der Waals surface area (Å²) in [6.45, 7) is 3.08. The fraction of sp³-hybridized carbons (Fsp3) is 0.167. The van der Waals surface area contributed by atoms with Crippen LogP contribution in [0.25, 0.3) is 0 Å². The third kappa shape index (κ3) is 6.90. The highest BCUT2D eigenvalue weighted by atomic mass is 32.1. The lowest BCUT2D eigenvalue weighted by atomic mass is 10.2. The van der Waals surface area contributed by atoms with Crippen LogP contribution in [-0.2, 0) is 6.42 Å². The summed E-state index contributed by atoms with van der Waals surface area (Å²) in [6.07, 6.45) is 2.53. The van der Waals surface area contributed by atoms with Crippen molar-refractivity contribution in [3.63, 3.8) is 0 Å². The van der Waals surface area contributed by atoms with E-state index in [1.165, 1.54) is 5.56 Å². The third-order valence-corrected chi connectivity index (χ3v) is 4.36. The largest absolute Gasteiger partial charge is 0.490 e. The number of benzene rings is 3. The van der Waals surface area contributed by atoms with E-state index in [1.54, 1.807) is 6.21 Å². The molecule has 0 unspecified atom stereocenters. The summed E-state index contributed by atoms with van der Waals surface area (Å²) in [5.74, 6) is 1.42. The third-order valence-electron chi connectivity index (χ3n) is 4.17. The quantitative estimate of drug-likeness (QED) is 0.290. The molecule has 0 saturated carbocycles. The molecule has 0 aliphatic rings. The monoisotopic (exact) mass is 419 g/mol. The smallest absolute Gasteiger partial charge is 0.191 e. The average Bonchev–Trinajstić information content (AvgIpc) is 2.77. The molecule has 0 spiro atoms. The van der Waals surface area contributed by atoms with E-state index in [0.717, 1.165) is 23.4 Å². The van der Waals surface area contributed by atoms with Gasteiger partial charge < -0.3 is 14.8 Å². The number of hydrazone groups is 1. The molecule has 3 aromatic carbocycles. The summed E-state index contributed by atoms with van der Waals surface area (Å²) in [5.41, 5.74) is 5.84. The molecule has 154 valence electrons. The van der Waals surface area contributed by atoms with Gasteiger partial charge in [0.25, 0.3) is 0 Å². The number of nitrogens with zero attached hydrogens (tertiary/aromatic N) is 1. The van der Waals surface area contributed by atoms with Crippen molar-refractivity contribution in [3.05, 3.63) is 90.0 Å². The van der Waals surface area contributed by atoms with Crippen LogP contribution in [0.15, 0.2) is 84.0 Å². The normalized spacial score (nSPS) is 10.6. The highest BCUT2D eigenvalue weighted by molar-refractivity contribution is 7.80. The minimum absolute atomic E-state index is 0.420. The first kappa shape index (κ1) is 21.3. The molecule has 30 heavy (non-hydrogen) atoms. The van der Waals surface area contributed by atoms with Crippen LogP contribution in [0.4, 0.5) is 5.69 Å². The molecule has 0 amide bonds. The maximum Gasteiger partial charge on any atom is 0.191 e. The van der Waals surface area contributed by atoms with Gasteiger partial charge in [0.05, 0.1) is 19.4 Å². The number of thiocarbonyl (C=S) groups is 1. The van der Waals surface area contributed by atoms with Crippen molar-refractivity contribution < 1.29 is 9.47 Å². The minimum atomic E-state index is 0.420. The number of hydrogen-bond donors (Lipinski definition) is 2. The highest BCUT2D eigenvalue weighted by Crippen LogP contribution is 2.28. The van der Waals surface area contributed by atoms with Crippen molar-refractivity contribution in [2.45, 2.75) is 13.3 Å². The van der Waals surface area contributed by atoms with Gasteiger partial charge in [-0.15, -0.1) is 0 Å². The molecule has 3 aromatic rings. The Morgan fingerprint density at radius 3 is 2.40 bits per heavy atom. The van der Waals surface area contributed by atoms with Crippen LogP contribution in [0, 0.1) is 0 Å². The predicted octanol–water partition coefficient (Wildman–Crippen LogP) is 5.03. The molecule has 6 heteroatoms. The highest BCUT2D eigenvalue weighted by Gasteiger charge is 2.06. The molecule has 0 fully saturated rings. The van der Waals surface area contributed by atoms with Gasteiger partial charge in [0.2, 0.25) is 0 Å². The Bertz CT molecular complexity index is 963. The van der Waals surface area contributed by atoms with Crippen molar-refractivity contribution in [1.29, 1.82) is 0 Å². The zero-order valence-electron chi connectivity index (χ0n) is 16.9. The van der Waals surface area contributed by atoms with Crippen molar-refractivity contribution >= 4 is 29.2 Å². The van der Waals surface area contributed by atoms with Crippen LogP contribution < -0.4 is 20.2 Å². The van der Waals surface area contributed by atoms with Crippen LogP contribution in [0.1, 0.15) is 18.1 Å². The summed E-state index contributed by atoms with van der Waals surface area (Å²) < 4.78 is 11.7. The first-order chi connectivity index (χ1) is 14.7. The standard InChI is InChI=1S/C24H25N3O2S/c1-2-28-23-17-20(18-25-27-24(30)26-21-11-7-4-8-12-21)13-14-22(23)29-16-15-19-9-5-3-6-10-19/h3-14,17-18H,2,15-16H2,1H3,(H2,26,27,30)/b25-18+. The van der Waals surface area contributed by atoms with Crippen molar-refractivity contribution in [2.24, 2.45) is 5.10 Å². The molecule has 0 aromatic heterocycles. The van der Waals surface area contributed by atoms with Crippen LogP contribution in [0.3, 0.4) is 0 Å². The van der Waals surface area contributed by atoms with E-state index in [1.807, 2.05) is 73.7 Å². The Hall–Kier alpha value is -3.38. The Morgan fingerprint density at radius 2 is 1.67 bits per heavy atom. The molecule has 0 heterocycles. The number of anilines is 1. The molecule has 0 aliphatic carbocycles. The van der Waals surface area contributed by atoms with E-state index in [2.05, 4.69) is 28.0 Å². The fourth-order valence-corrected chi connectivity index (χ4v) is 2.93. The number of hydrogen-bond acceptors (Lipinski definition) is 4. The number of para-hydroxylation sites is 1. The Balaban J connectivity index is 1.55. The Labute approximate surface area is 182 Å². The zero-order chi connectivity index (χ0) is 21.0. The molecule has 0 aliphatic heterocycles. The topological polar surface area (TPSA) is 54.9 Å². The van der Waals surface area contributed by atoms with Crippen molar-refractivity contribution in [2.75, 3.05) is 18.5 Å². The van der Waals surface area contributed by atoms with Crippen LogP contribution in [0.2, 0.25) is 0 Å². The summed E-state index contributed by atoms with van der Waals surface area (Å²) in [5, 5.41) is 7.68. The van der Waals surface area contributed by atoms with Gasteiger partial charge in [-0.05, 0) is 60.6 Å². The van der Waals surface area contributed by atoms with E-state index >= 15 is 0 Å². The van der Waals surface area contributed by atoms with Crippen molar-refractivity contribution in [1.82, 2.24) is 5.43 Å². The summed E-state index contributed by atoms with van der Waals surface area (Å²) in [7, 11) is 0. The number of ether oxygens (including phenoxy) is 2. The van der Waals surface area contributed by atoms with E-state index in [0.29, 0.717) is 24.1 Å². The van der Waals surface area contributed by atoms with Gasteiger partial charge in [-0.3, -0.25) is 5.43 Å². The Morgan fingerprint density at radius 1 is 0.933 bits per heavy atom. The lowest BCUT2D eigenvalue weighted by Crippen LogP contribution is -2.23. The zero-order valence-corrected chi connectivity index (χ0v) is 17.7. The molecule has 0 radical (unpaired) electrons. The van der Waals surface area contributed by atoms with Gasteiger partial charge in [0.1, 0.15) is 0 Å². The first-order valence-corrected chi connectivity index (χ1v) is 10.2. The lowest BCUT2D eigenvalue weighted by molar-refractivity contribution is 0.279. The van der Waals surface area contributed by atoms with Crippen molar-refractivity contribution in [3.8, 4) is 11.5 Å². The van der Waals surface area contributed by atoms with Gasteiger partial charge in [-0.25, -0.2) is 0 Å². The summed E-state index contributed by atoms with van der Waals surface area (Å²) in [4.78, 5) is 0. The molecule has 5 nitrogen and oxygen atoms in total. The van der Waals surface area contributed by atoms with Gasteiger partial charge in [-0.1, -0.05) is 48.5 Å². The van der Waals surface area contributed by atoms with Gasteiger partial charge in [-0.2, -0.15) is 5.10 Å². The molecule has 2 N–H and O–H groups in total. The van der Waals surface area contributed by atoms with E-state index < -0.39 is 0 Å². The van der Waals surface area contributed by atoms with Gasteiger partial charge in [0, 0.05) is 12.1 Å². The van der Waals surface area contributed by atoms with Crippen LogP contribution >= 0.6 is 12.2 Å².